The highest BCUT2D eigenvalue weighted by molar-refractivity contribution is 7.12. The monoisotopic (exact) mass is 272 g/mol. The lowest BCUT2D eigenvalue weighted by atomic mass is 10.1. The van der Waals surface area contributed by atoms with Gasteiger partial charge in [-0.05, 0) is 38.1 Å². The van der Waals surface area contributed by atoms with E-state index in [9.17, 15) is 4.79 Å². The molecule has 0 aliphatic carbocycles. The van der Waals surface area contributed by atoms with E-state index in [1.807, 2.05) is 36.1 Å². The summed E-state index contributed by atoms with van der Waals surface area (Å²) in [5.74, 6) is 0.105. The fraction of sp³-hybridized carbons (Fsp3) is 0.267. The van der Waals surface area contributed by atoms with Crippen LogP contribution in [0.5, 0.6) is 0 Å². The second-order valence-electron chi connectivity index (χ2n) is 4.63. The molecule has 0 saturated heterocycles. The molecule has 1 amide bonds. The van der Waals surface area contributed by atoms with Gasteiger partial charge >= 0.3 is 0 Å². The maximum absolute atomic E-state index is 12.5. The first-order valence-corrected chi connectivity index (χ1v) is 7.25. The zero-order valence-corrected chi connectivity index (χ0v) is 11.8. The Hall–Kier alpha value is -1.81. The lowest BCUT2D eigenvalue weighted by Crippen LogP contribution is -2.42. The predicted molar refractivity (Wildman–Crippen MR) is 78.6 cm³/mol. The minimum absolute atomic E-state index is 0.0499. The molecule has 1 aromatic carbocycles. The van der Waals surface area contributed by atoms with E-state index in [1.54, 1.807) is 11.3 Å². The largest absolute Gasteiger partial charge is 0.360 e. The molecule has 1 unspecified atom stereocenters. The van der Waals surface area contributed by atoms with Crippen molar-refractivity contribution in [1.29, 1.82) is 0 Å². The Morgan fingerprint density at radius 3 is 2.74 bits per heavy atom. The van der Waals surface area contributed by atoms with Gasteiger partial charge in [-0.25, -0.2) is 0 Å². The van der Waals surface area contributed by atoms with Crippen molar-refractivity contribution in [2.24, 2.45) is 0 Å². The van der Waals surface area contributed by atoms with E-state index in [2.05, 4.69) is 24.4 Å². The van der Waals surface area contributed by atoms with Crippen molar-refractivity contribution in [1.82, 2.24) is 4.90 Å². The molecule has 2 heterocycles. The Balaban J connectivity index is 2.05. The van der Waals surface area contributed by atoms with E-state index in [0.717, 1.165) is 11.3 Å². The van der Waals surface area contributed by atoms with Crippen molar-refractivity contribution in [3.05, 3.63) is 51.7 Å². The number of carbonyl (C=O) groups excluding carboxylic acids is 1. The third-order valence-corrected chi connectivity index (χ3v) is 4.45. The summed E-state index contributed by atoms with van der Waals surface area (Å²) in [7, 11) is 0. The van der Waals surface area contributed by atoms with Gasteiger partial charge in [0.15, 0.2) is 0 Å². The minimum atomic E-state index is -0.0499. The highest BCUT2D eigenvalue weighted by Gasteiger charge is 2.32. The van der Waals surface area contributed by atoms with Crippen LogP contribution in [0.1, 0.15) is 33.2 Å². The molecule has 19 heavy (non-hydrogen) atoms. The molecule has 0 fully saturated rings. The van der Waals surface area contributed by atoms with Gasteiger partial charge in [0.05, 0.1) is 5.56 Å². The number of amides is 1. The molecule has 1 N–H and O–H groups in total. The molecular formula is C15H16N2OS. The maximum atomic E-state index is 12.5. The molecule has 4 heteroatoms. The number of hydrogen-bond acceptors (Lipinski definition) is 3. The van der Waals surface area contributed by atoms with Crippen LogP contribution in [0.25, 0.3) is 0 Å². The standard InChI is InChI=1S/C15H16N2OS/c1-3-17-14(13-9-8-10(2)19-13)16-12-7-5-4-6-11(12)15(17)18/h4-9,14,16H,3H2,1-2H3. The summed E-state index contributed by atoms with van der Waals surface area (Å²) in [5, 5.41) is 3.47. The first-order chi connectivity index (χ1) is 9.20. The van der Waals surface area contributed by atoms with Crippen molar-refractivity contribution in [3.63, 3.8) is 0 Å². The van der Waals surface area contributed by atoms with E-state index < -0.39 is 0 Å². The van der Waals surface area contributed by atoms with E-state index in [0.29, 0.717) is 6.54 Å². The molecule has 1 atom stereocenters. The number of nitrogens with zero attached hydrogens (tertiary/aromatic N) is 1. The summed E-state index contributed by atoms with van der Waals surface area (Å²) in [4.78, 5) is 16.9. The third kappa shape index (κ3) is 2.02. The lowest BCUT2D eigenvalue weighted by Gasteiger charge is -2.36. The van der Waals surface area contributed by atoms with Crippen LogP contribution >= 0.6 is 11.3 Å². The number of fused-ring (bicyclic) bond motifs is 1. The lowest BCUT2D eigenvalue weighted by molar-refractivity contribution is 0.0697. The van der Waals surface area contributed by atoms with Crippen molar-refractivity contribution in [3.8, 4) is 0 Å². The first kappa shape index (κ1) is 12.2. The molecule has 1 aromatic heterocycles. The average Bonchev–Trinajstić information content (AvgIpc) is 2.85. The maximum Gasteiger partial charge on any atom is 0.257 e. The van der Waals surface area contributed by atoms with Gasteiger partial charge in [0, 0.05) is 22.0 Å². The number of rotatable bonds is 2. The van der Waals surface area contributed by atoms with Crippen LogP contribution in [0, 0.1) is 6.92 Å². The van der Waals surface area contributed by atoms with E-state index in [4.69, 9.17) is 0 Å². The van der Waals surface area contributed by atoms with Gasteiger partial charge in [0.2, 0.25) is 0 Å². The smallest absolute Gasteiger partial charge is 0.257 e. The van der Waals surface area contributed by atoms with Crippen LogP contribution in [-0.2, 0) is 0 Å². The fourth-order valence-corrected chi connectivity index (χ4v) is 3.39. The Morgan fingerprint density at radius 2 is 2.05 bits per heavy atom. The highest BCUT2D eigenvalue weighted by Crippen LogP contribution is 2.35. The molecular weight excluding hydrogens is 256 g/mol. The fourth-order valence-electron chi connectivity index (χ4n) is 2.44. The summed E-state index contributed by atoms with van der Waals surface area (Å²) < 4.78 is 0. The molecule has 3 nitrogen and oxygen atoms in total. The molecule has 1 aliphatic rings. The summed E-state index contributed by atoms with van der Waals surface area (Å²) in [5.41, 5.74) is 1.68. The number of carbonyl (C=O) groups is 1. The van der Waals surface area contributed by atoms with Crippen LogP contribution in [0.15, 0.2) is 36.4 Å². The summed E-state index contributed by atoms with van der Waals surface area (Å²) in [6.45, 7) is 4.80. The zero-order chi connectivity index (χ0) is 13.4. The van der Waals surface area contributed by atoms with Crippen molar-refractivity contribution < 1.29 is 4.79 Å². The van der Waals surface area contributed by atoms with Gasteiger partial charge in [-0.2, -0.15) is 0 Å². The zero-order valence-electron chi connectivity index (χ0n) is 11.0. The van der Waals surface area contributed by atoms with Gasteiger partial charge < -0.3 is 10.2 Å². The van der Waals surface area contributed by atoms with E-state index >= 15 is 0 Å². The number of aryl methyl sites for hydroxylation is 1. The van der Waals surface area contributed by atoms with Crippen molar-refractivity contribution >= 4 is 22.9 Å². The Labute approximate surface area is 116 Å². The molecule has 3 rings (SSSR count). The average molecular weight is 272 g/mol. The molecule has 0 radical (unpaired) electrons. The van der Waals surface area contributed by atoms with Crippen LogP contribution in [-0.4, -0.2) is 17.4 Å². The van der Waals surface area contributed by atoms with Crippen LogP contribution in [0.2, 0.25) is 0 Å². The number of thiophene rings is 1. The SMILES string of the molecule is CCN1C(=O)c2ccccc2NC1c1ccc(C)s1. The summed E-state index contributed by atoms with van der Waals surface area (Å²) in [6.07, 6.45) is -0.0499. The molecule has 0 spiro atoms. The van der Waals surface area contributed by atoms with Gasteiger partial charge in [-0.3, -0.25) is 4.79 Å². The number of para-hydroxylation sites is 1. The van der Waals surface area contributed by atoms with Crippen LogP contribution < -0.4 is 5.32 Å². The van der Waals surface area contributed by atoms with E-state index in [1.165, 1.54) is 9.75 Å². The molecule has 0 bridgehead atoms. The van der Waals surface area contributed by atoms with Crippen molar-refractivity contribution in [2.45, 2.75) is 20.0 Å². The first-order valence-electron chi connectivity index (χ1n) is 6.43. The predicted octanol–water partition coefficient (Wildman–Crippen LogP) is 3.64. The normalized spacial score (nSPS) is 18.1. The van der Waals surface area contributed by atoms with Gasteiger partial charge in [0.25, 0.3) is 5.91 Å². The van der Waals surface area contributed by atoms with E-state index in [-0.39, 0.29) is 12.1 Å². The molecule has 1 aliphatic heterocycles. The number of benzene rings is 1. The minimum Gasteiger partial charge on any atom is -0.360 e. The van der Waals surface area contributed by atoms with Gasteiger partial charge in [-0.1, -0.05) is 12.1 Å². The molecule has 98 valence electrons. The second kappa shape index (κ2) is 4.70. The molecule has 2 aromatic rings. The Bertz CT molecular complexity index is 620. The molecule has 0 saturated carbocycles. The number of nitrogens with one attached hydrogen (secondary N) is 1. The van der Waals surface area contributed by atoms with Crippen LogP contribution in [0.3, 0.4) is 0 Å². The van der Waals surface area contributed by atoms with Crippen LogP contribution in [0.4, 0.5) is 5.69 Å². The number of anilines is 1. The van der Waals surface area contributed by atoms with Gasteiger partial charge in [-0.15, -0.1) is 11.3 Å². The Morgan fingerprint density at radius 1 is 1.26 bits per heavy atom. The number of hydrogen-bond donors (Lipinski definition) is 1. The topological polar surface area (TPSA) is 32.3 Å². The van der Waals surface area contributed by atoms with Crippen molar-refractivity contribution in [2.75, 3.05) is 11.9 Å². The second-order valence-corrected chi connectivity index (χ2v) is 5.95. The summed E-state index contributed by atoms with van der Waals surface area (Å²) >= 11 is 1.73. The quantitative estimate of drug-likeness (QED) is 0.905. The Kier molecular flexibility index (Phi) is 3.03. The highest BCUT2D eigenvalue weighted by atomic mass is 32.1. The third-order valence-electron chi connectivity index (χ3n) is 3.39. The summed E-state index contributed by atoms with van der Waals surface area (Å²) in [6, 6.07) is 11.9. The van der Waals surface area contributed by atoms with Gasteiger partial charge in [0.1, 0.15) is 6.17 Å².